The Kier molecular flexibility index (Phi) is 5.45. The summed E-state index contributed by atoms with van der Waals surface area (Å²) in [6, 6.07) is 16.1. The molecule has 0 atom stereocenters. The summed E-state index contributed by atoms with van der Waals surface area (Å²) in [5, 5.41) is 2.13. The fraction of sp³-hybridized carbons (Fsp3) is 0.400. The van der Waals surface area contributed by atoms with E-state index in [4.69, 9.17) is 4.98 Å². The van der Waals surface area contributed by atoms with E-state index < -0.39 is 0 Å². The van der Waals surface area contributed by atoms with Gasteiger partial charge in [-0.05, 0) is 43.0 Å². The Hall–Kier alpha value is -3.15. The van der Waals surface area contributed by atoms with Crippen molar-refractivity contribution in [3.8, 4) is 0 Å². The van der Waals surface area contributed by atoms with Gasteiger partial charge >= 0.3 is 0 Å². The van der Waals surface area contributed by atoms with Crippen LogP contribution in [-0.2, 0) is 0 Å². The van der Waals surface area contributed by atoms with Crippen LogP contribution < -0.4 is 9.80 Å². The quantitative estimate of drug-likeness (QED) is 0.650. The van der Waals surface area contributed by atoms with Crippen LogP contribution in [0, 0.1) is 6.92 Å². The Morgan fingerprint density at radius 1 is 0.806 bits per heavy atom. The second kappa shape index (κ2) is 8.53. The third-order valence-electron chi connectivity index (χ3n) is 6.38. The first-order valence-electron chi connectivity index (χ1n) is 11.3. The largest absolute Gasteiger partial charge is 0.353 e. The number of aryl methyl sites for hydroxylation is 1. The molecule has 0 radical (unpaired) electrons. The van der Waals surface area contributed by atoms with E-state index in [0.717, 1.165) is 60.0 Å². The van der Waals surface area contributed by atoms with Crippen molar-refractivity contribution in [1.82, 2.24) is 14.9 Å². The number of nitrogens with zero attached hydrogens (tertiary/aromatic N) is 5. The summed E-state index contributed by atoms with van der Waals surface area (Å²) in [5.41, 5.74) is 1.79. The molecule has 2 aliphatic rings. The lowest BCUT2D eigenvalue weighted by molar-refractivity contribution is 0.0748. The van der Waals surface area contributed by atoms with Gasteiger partial charge in [-0.1, -0.05) is 36.4 Å². The van der Waals surface area contributed by atoms with Gasteiger partial charge in [-0.3, -0.25) is 4.79 Å². The van der Waals surface area contributed by atoms with E-state index in [0.29, 0.717) is 13.1 Å². The molecule has 2 saturated heterocycles. The first kappa shape index (κ1) is 19.8. The van der Waals surface area contributed by atoms with Crippen molar-refractivity contribution in [3.63, 3.8) is 0 Å². The number of anilines is 2. The Morgan fingerprint density at radius 3 is 2.35 bits per heavy atom. The van der Waals surface area contributed by atoms with Crippen molar-refractivity contribution in [2.75, 3.05) is 49.1 Å². The average Bonchev–Trinajstić information content (AvgIpc) is 2.83. The summed E-state index contributed by atoms with van der Waals surface area (Å²) in [6.07, 6.45) is 3.71. The number of hydrogen-bond acceptors (Lipinski definition) is 5. The van der Waals surface area contributed by atoms with E-state index in [-0.39, 0.29) is 5.91 Å². The van der Waals surface area contributed by atoms with E-state index in [1.807, 2.05) is 42.2 Å². The van der Waals surface area contributed by atoms with Crippen molar-refractivity contribution in [2.45, 2.75) is 26.2 Å². The zero-order valence-electron chi connectivity index (χ0n) is 18.1. The highest BCUT2D eigenvalue weighted by atomic mass is 16.2. The van der Waals surface area contributed by atoms with Crippen LogP contribution in [0.25, 0.3) is 10.8 Å². The van der Waals surface area contributed by atoms with E-state index in [9.17, 15) is 4.79 Å². The summed E-state index contributed by atoms with van der Waals surface area (Å²) in [4.78, 5) is 29.4. The molecule has 2 aliphatic heterocycles. The molecule has 1 aromatic heterocycles. The standard InChI is InChI=1S/C25H29N5O/c1-19-18-23(27-25(26-19)30-12-5-2-6-13-30)28-14-16-29(17-15-28)24(31)22-11-7-9-20-8-3-4-10-21(20)22/h3-4,7-11,18H,2,5-6,12-17H2,1H3. The predicted octanol–water partition coefficient (Wildman–Crippen LogP) is 3.89. The second-order valence-electron chi connectivity index (χ2n) is 8.52. The molecule has 0 spiro atoms. The van der Waals surface area contributed by atoms with E-state index in [1.165, 1.54) is 19.3 Å². The molecule has 6 heteroatoms. The third kappa shape index (κ3) is 4.07. The minimum Gasteiger partial charge on any atom is -0.353 e. The van der Waals surface area contributed by atoms with E-state index in [2.05, 4.69) is 33.0 Å². The van der Waals surface area contributed by atoms with Crippen molar-refractivity contribution in [1.29, 1.82) is 0 Å². The lowest BCUT2D eigenvalue weighted by Crippen LogP contribution is -2.49. The zero-order chi connectivity index (χ0) is 21.2. The fourth-order valence-corrected chi connectivity index (χ4v) is 4.65. The predicted molar refractivity (Wildman–Crippen MR) is 125 cm³/mol. The Balaban J connectivity index is 1.30. The number of fused-ring (bicyclic) bond motifs is 1. The van der Waals surface area contributed by atoms with Crippen LogP contribution in [0.5, 0.6) is 0 Å². The van der Waals surface area contributed by atoms with Crippen LogP contribution in [0.4, 0.5) is 11.8 Å². The van der Waals surface area contributed by atoms with Gasteiger partial charge in [-0.15, -0.1) is 0 Å². The van der Waals surface area contributed by atoms with Crippen LogP contribution in [0.2, 0.25) is 0 Å². The van der Waals surface area contributed by atoms with Crippen molar-refractivity contribution >= 4 is 28.4 Å². The monoisotopic (exact) mass is 415 g/mol. The average molecular weight is 416 g/mol. The van der Waals surface area contributed by atoms with Crippen LogP contribution in [0.15, 0.2) is 48.5 Å². The first-order chi connectivity index (χ1) is 15.2. The van der Waals surface area contributed by atoms with Gasteiger partial charge in [0, 0.05) is 56.6 Å². The molecular weight excluding hydrogens is 386 g/mol. The van der Waals surface area contributed by atoms with Gasteiger partial charge in [0.05, 0.1) is 0 Å². The molecule has 0 bridgehead atoms. The summed E-state index contributed by atoms with van der Waals surface area (Å²) < 4.78 is 0. The van der Waals surface area contributed by atoms with Gasteiger partial charge < -0.3 is 14.7 Å². The number of aromatic nitrogens is 2. The minimum atomic E-state index is 0.115. The van der Waals surface area contributed by atoms with Crippen LogP contribution in [-0.4, -0.2) is 60.0 Å². The number of carbonyl (C=O) groups excluding carboxylic acids is 1. The van der Waals surface area contributed by atoms with Gasteiger partial charge in [0.2, 0.25) is 5.95 Å². The highest BCUT2D eigenvalue weighted by Gasteiger charge is 2.25. The van der Waals surface area contributed by atoms with Crippen molar-refractivity contribution < 1.29 is 4.79 Å². The zero-order valence-corrected chi connectivity index (χ0v) is 18.1. The molecule has 0 saturated carbocycles. The molecule has 0 N–H and O–H groups in total. The van der Waals surface area contributed by atoms with Crippen molar-refractivity contribution in [2.24, 2.45) is 0 Å². The highest BCUT2D eigenvalue weighted by molar-refractivity contribution is 6.07. The van der Waals surface area contributed by atoms with Crippen LogP contribution >= 0.6 is 0 Å². The number of piperidine rings is 1. The molecule has 31 heavy (non-hydrogen) atoms. The lowest BCUT2D eigenvalue weighted by atomic mass is 10.0. The van der Waals surface area contributed by atoms with Gasteiger partial charge in [0.1, 0.15) is 5.82 Å². The Bertz CT molecular complexity index is 1080. The maximum Gasteiger partial charge on any atom is 0.254 e. The van der Waals surface area contributed by atoms with Gasteiger partial charge in [-0.25, -0.2) is 4.98 Å². The topological polar surface area (TPSA) is 52.6 Å². The Labute approximate surface area is 183 Å². The van der Waals surface area contributed by atoms with Crippen LogP contribution in [0.3, 0.4) is 0 Å². The molecule has 2 fully saturated rings. The summed E-state index contributed by atoms with van der Waals surface area (Å²) in [6.45, 7) is 7.08. The minimum absolute atomic E-state index is 0.115. The smallest absolute Gasteiger partial charge is 0.254 e. The number of carbonyl (C=O) groups is 1. The number of rotatable bonds is 3. The summed E-state index contributed by atoms with van der Waals surface area (Å²) >= 11 is 0. The molecule has 160 valence electrons. The molecule has 0 unspecified atom stereocenters. The van der Waals surface area contributed by atoms with Crippen LogP contribution in [0.1, 0.15) is 35.3 Å². The summed E-state index contributed by atoms with van der Waals surface area (Å²) in [7, 11) is 0. The first-order valence-corrected chi connectivity index (χ1v) is 11.3. The molecule has 3 aromatic rings. The molecule has 5 rings (SSSR count). The maximum atomic E-state index is 13.2. The number of benzene rings is 2. The van der Waals surface area contributed by atoms with Gasteiger partial charge in [0.15, 0.2) is 0 Å². The van der Waals surface area contributed by atoms with Gasteiger partial charge in [0.25, 0.3) is 5.91 Å². The molecular formula is C25H29N5O. The number of hydrogen-bond donors (Lipinski definition) is 0. The van der Waals surface area contributed by atoms with E-state index >= 15 is 0 Å². The fourth-order valence-electron chi connectivity index (χ4n) is 4.65. The number of amides is 1. The van der Waals surface area contributed by atoms with Crippen molar-refractivity contribution in [3.05, 3.63) is 59.8 Å². The van der Waals surface area contributed by atoms with E-state index in [1.54, 1.807) is 0 Å². The molecule has 6 nitrogen and oxygen atoms in total. The molecule has 0 aliphatic carbocycles. The molecule has 3 heterocycles. The third-order valence-corrected chi connectivity index (χ3v) is 6.38. The molecule has 1 amide bonds. The normalized spacial score (nSPS) is 17.3. The number of piperazine rings is 1. The second-order valence-corrected chi connectivity index (χ2v) is 8.52. The lowest BCUT2D eigenvalue weighted by Gasteiger charge is -2.36. The molecule has 2 aromatic carbocycles. The summed E-state index contributed by atoms with van der Waals surface area (Å²) in [5.74, 6) is 1.94. The SMILES string of the molecule is Cc1cc(N2CCN(C(=O)c3cccc4ccccc34)CC2)nc(N2CCCCC2)n1. The maximum absolute atomic E-state index is 13.2. The highest BCUT2D eigenvalue weighted by Crippen LogP contribution is 2.24. The van der Waals surface area contributed by atoms with Gasteiger partial charge in [-0.2, -0.15) is 4.98 Å². The Morgan fingerprint density at radius 2 is 1.55 bits per heavy atom.